The van der Waals surface area contributed by atoms with E-state index in [0.29, 0.717) is 37.3 Å². The summed E-state index contributed by atoms with van der Waals surface area (Å²) in [6, 6.07) is 8.05. The number of carbonyl (C=O) groups is 2. The number of nitrogens with zero attached hydrogens (tertiary/aromatic N) is 1. The molecular weight excluding hydrogens is 432 g/mol. The Bertz CT molecular complexity index is 1210. The molecule has 1 aromatic carbocycles. The number of hydrogen-bond donors (Lipinski definition) is 1. The smallest absolute Gasteiger partial charge is 0.349 e. The SMILES string of the molecule is COC(=O)c1sccc1S(=O)(=O)Nc1c(C(=O)N2CCOCC2)oc2ccccc12. The molecule has 0 aliphatic carbocycles. The van der Waals surface area contributed by atoms with Gasteiger partial charge in [-0.15, -0.1) is 11.3 Å². The lowest BCUT2D eigenvalue weighted by atomic mass is 10.2. The van der Waals surface area contributed by atoms with Gasteiger partial charge in [-0.2, -0.15) is 0 Å². The number of carbonyl (C=O) groups excluding carboxylic acids is 2. The van der Waals surface area contributed by atoms with Crippen molar-refractivity contribution in [3.05, 3.63) is 46.3 Å². The zero-order valence-corrected chi connectivity index (χ0v) is 17.5. The molecule has 4 rings (SSSR count). The topological polar surface area (TPSA) is 115 Å². The number of methoxy groups -OCH3 is 1. The summed E-state index contributed by atoms with van der Waals surface area (Å²) in [5.74, 6) is -1.31. The van der Waals surface area contributed by atoms with E-state index in [1.165, 1.54) is 18.6 Å². The second kappa shape index (κ2) is 8.09. The second-order valence-electron chi connectivity index (χ2n) is 6.42. The first-order valence-electron chi connectivity index (χ1n) is 8.99. The zero-order chi connectivity index (χ0) is 21.3. The van der Waals surface area contributed by atoms with Gasteiger partial charge in [-0.05, 0) is 23.6 Å². The maximum Gasteiger partial charge on any atom is 0.349 e. The van der Waals surface area contributed by atoms with E-state index in [9.17, 15) is 18.0 Å². The number of sulfonamides is 1. The third-order valence-electron chi connectivity index (χ3n) is 4.61. The van der Waals surface area contributed by atoms with Crippen molar-refractivity contribution >= 4 is 49.9 Å². The van der Waals surface area contributed by atoms with Crippen molar-refractivity contribution in [2.45, 2.75) is 4.90 Å². The Balaban J connectivity index is 1.78. The molecule has 11 heteroatoms. The number of fused-ring (bicyclic) bond motifs is 1. The quantitative estimate of drug-likeness (QED) is 0.594. The Morgan fingerprint density at radius 2 is 1.90 bits per heavy atom. The number of nitrogens with one attached hydrogen (secondary N) is 1. The van der Waals surface area contributed by atoms with E-state index >= 15 is 0 Å². The molecule has 1 saturated heterocycles. The van der Waals surface area contributed by atoms with Crippen LogP contribution in [0.1, 0.15) is 20.2 Å². The molecule has 1 aliphatic rings. The Morgan fingerprint density at radius 3 is 2.63 bits per heavy atom. The summed E-state index contributed by atoms with van der Waals surface area (Å²) in [5, 5.41) is 1.92. The molecule has 2 aromatic heterocycles. The molecule has 0 unspecified atom stereocenters. The molecule has 9 nitrogen and oxygen atoms in total. The van der Waals surface area contributed by atoms with Crippen LogP contribution < -0.4 is 4.72 Å². The molecule has 3 aromatic rings. The van der Waals surface area contributed by atoms with E-state index in [1.54, 1.807) is 29.2 Å². The number of amides is 1. The fourth-order valence-corrected chi connectivity index (χ4v) is 5.57. The van der Waals surface area contributed by atoms with Crippen molar-refractivity contribution in [3.8, 4) is 0 Å². The summed E-state index contributed by atoms with van der Waals surface area (Å²) in [4.78, 5) is 26.3. The number of thiophene rings is 1. The number of esters is 1. The number of ether oxygens (including phenoxy) is 2. The van der Waals surface area contributed by atoms with Crippen LogP contribution in [0.2, 0.25) is 0 Å². The Morgan fingerprint density at radius 1 is 1.17 bits per heavy atom. The van der Waals surface area contributed by atoms with Gasteiger partial charge < -0.3 is 18.8 Å². The van der Waals surface area contributed by atoms with E-state index in [4.69, 9.17) is 9.15 Å². The summed E-state index contributed by atoms with van der Waals surface area (Å²) in [6.45, 7) is 1.53. The molecule has 0 atom stereocenters. The first-order valence-corrected chi connectivity index (χ1v) is 11.4. The maximum atomic E-state index is 13.1. The minimum Gasteiger partial charge on any atom is -0.465 e. The summed E-state index contributed by atoms with van der Waals surface area (Å²) < 4.78 is 44.3. The molecule has 0 saturated carbocycles. The molecule has 0 radical (unpaired) electrons. The van der Waals surface area contributed by atoms with Crippen LogP contribution in [0.15, 0.2) is 45.0 Å². The van der Waals surface area contributed by atoms with Gasteiger partial charge in [-0.3, -0.25) is 9.52 Å². The highest BCUT2D eigenvalue weighted by Gasteiger charge is 2.31. The first kappa shape index (κ1) is 20.4. The monoisotopic (exact) mass is 450 g/mol. The van der Waals surface area contributed by atoms with Gasteiger partial charge in [0.05, 0.1) is 20.3 Å². The number of morpholine rings is 1. The Kier molecular flexibility index (Phi) is 5.50. The van der Waals surface area contributed by atoms with E-state index < -0.39 is 21.9 Å². The maximum absolute atomic E-state index is 13.1. The molecule has 3 heterocycles. The number of rotatable bonds is 5. The molecule has 30 heavy (non-hydrogen) atoms. The van der Waals surface area contributed by atoms with Crippen molar-refractivity contribution in [2.24, 2.45) is 0 Å². The number of para-hydroxylation sites is 1. The molecule has 0 bridgehead atoms. The van der Waals surface area contributed by atoms with E-state index in [-0.39, 0.29) is 21.2 Å². The van der Waals surface area contributed by atoms with Gasteiger partial charge in [0.2, 0.25) is 5.76 Å². The fourth-order valence-electron chi connectivity index (χ4n) is 3.15. The number of hydrogen-bond acceptors (Lipinski definition) is 8. The van der Waals surface area contributed by atoms with Gasteiger partial charge in [0, 0.05) is 18.5 Å². The van der Waals surface area contributed by atoms with Crippen LogP contribution in [0.25, 0.3) is 11.0 Å². The molecular formula is C19H18N2O7S2. The standard InChI is InChI=1S/C19H18N2O7S2/c1-26-19(23)17-14(6-11-29-17)30(24,25)20-15-12-4-2-3-5-13(12)28-16(15)18(22)21-7-9-27-10-8-21/h2-6,11,20H,7-10H2,1H3. The minimum atomic E-state index is -4.20. The van der Waals surface area contributed by atoms with Crippen molar-refractivity contribution in [1.29, 1.82) is 0 Å². The van der Waals surface area contributed by atoms with Crippen LogP contribution in [0.3, 0.4) is 0 Å². The first-order chi connectivity index (χ1) is 14.4. The highest BCUT2D eigenvalue weighted by molar-refractivity contribution is 7.93. The van der Waals surface area contributed by atoms with E-state index in [0.717, 1.165) is 11.3 Å². The van der Waals surface area contributed by atoms with Crippen LogP contribution in [0.4, 0.5) is 5.69 Å². The molecule has 1 N–H and O–H groups in total. The van der Waals surface area contributed by atoms with Gasteiger partial charge in [0.1, 0.15) is 21.0 Å². The zero-order valence-electron chi connectivity index (χ0n) is 15.9. The van der Waals surface area contributed by atoms with Gasteiger partial charge >= 0.3 is 5.97 Å². The van der Waals surface area contributed by atoms with Gasteiger partial charge in [-0.25, -0.2) is 13.2 Å². The van der Waals surface area contributed by atoms with Crippen LogP contribution >= 0.6 is 11.3 Å². The molecule has 1 fully saturated rings. The summed E-state index contributed by atoms with van der Waals surface area (Å²) in [5.41, 5.74) is 0.398. The average Bonchev–Trinajstić information content (AvgIpc) is 3.39. The van der Waals surface area contributed by atoms with Crippen LogP contribution in [-0.2, 0) is 19.5 Å². The lowest BCUT2D eigenvalue weighted by Gasteiger charge is -2.26. The Labute approximate surface area is 176 Å². The van der Waals surface area contributed by atoms with E-state index in [1.807, 2.05) is 0 Å². The van der Waals surface area contributed by atoms with Gasteiger partial charge in [0.15, 0.2) is 0 Å². The number of benzene rings is 1. The number of furan rings is 1. The summed E-state index contributed by atoms with van der Waals surface area (Å²) in [6.07, 6.45) is 0. The highest BCUT2D eigenvalue weighted by atomic mass is 32.2. The van der Waals surface area contributed by atoms with Crippen molar-refractivity contribution in [3.63, 3.8) is 0 Å². The lowest BCUT2D eigenvalue weighted by molar-refractivity contribution is 0.0285. The predicted molar refractivity (Wildman–Crippen MR) is 109 cm³/mol. The molecule has 1 aliphatic heterocycles. The van der Waals surface area contributed by atoms with E-state index in [2.05, 4.69) is 9.46 Å². The molecule has 1 amide bonds. The number of anilines is 1. The summed E-state index contributed by atoms with van der Waals surface area (Å²) in [7, 11) is -3.02. The van der Waals surface area contributed by atoms with Crippen molar-refractivity contribution in [2.75, 3.05) is 38.1 Å². The third kappa shape index (κ3) is 3.66. The predicted octanol–water partition coefficient (Wildman–Crippen LogP) is 2.55. The van der Waals surface area contributed by atoms with Crippen LogP contribution in [0, 0.1) is 0 Å². The van der Waals surface area contributed by atoms with Crippen LogP contribution in [-0.4, -0.2) is 58.6 Å². The molecule has 0 spiro atoms. The normalized spacial score (nSPS) is 14.6. The lowest BCUT2D eigenvalue weighted by Crippen LogP contribution is -2.40. The third-order valence-corrected chi connectivity index (χ3v) is 7.03. The van der Waals surface area contributed by atoms with Crippen LogP contribution in [0.5, 0.6) is 0 Å². The van der Waals surface area contributed by atoms with Crippen molar-refractivity contribution in [1.82, 2.24) is 4.90 Å². The van der Waals surface area contributed by atoms with Gasteiger partial charge in [-0.1, -0.05) is 12.1 Å². The minimum absolute atomic E-state index is 0.0316. The largest absolute Gasteiger partial charge is 0.465 e. The summed E-state index contributed by atoms with van der Waals surface area (Å²) >= 11 is 0.952. The Hall–Kier alpha value is -2.89. The van der Waals surface area contributed by atoms with Crippen molar-refractivity contribution < 1.29 is 31.9 Å². The van der Waals surface area contributed by atoms with Gasteiger partial charge in [0.25, 0.3) is 15.9 Å². The second-order valence-corrected chi connectivity index (χ2v) is 8.98. The highest BCUT2D eigenvalue weighted by Crippen LogP contribution is 2.34. The fraction of sp³-hybridized carbons (Fsp3) is 0.263. The molecule has 158 valence electrons. The average molecular weight is 450 g/mol.